The Hall–Kier alpha value is -2.29. The third-order valence-electron chi connectivity index (χ3n) is 3.29. The fourth-order valence-corrected chi connectivity index (χ4v) is 3.84. The zero-order valence-electron chi connectivity index (χ0n) is 13.2. The fourth-order valence-electron chi connectivity index (χ4n) is 2.37. The summed E-state index contributed by atoms with van der Waals surface area (Å²) in [5, 5.41) is 11.9. The Kier molecular flexibility index (Phi) is 5.56. The molecule has 28 heavy (non-hydrogen) atoms. The zero-order chi connectivity index (χ0) is 20.6. The highest BCUT2D eigenvalue weighted by molar-refractivity contribution is 7.86. The van der Waals surface area contributed by atoms with Crippen LogP contribution in [-0.2, 0) is 21.5 Å². The molecule has 0 saturated carbocycles. The molecule has 3 rings (SSSR count). The number of aromatic hydroxyl groups is 1. The smallest absolute Gasteiger partial charge is 0.357 e. The third-order valence-corrected chi connectivity index (χ3v) is 4.92. The summed E-state index contributed by atoms with van der Waals surface area (Å²) in [4.78, 5) is 10.3. The lowest BCUT2D eigenvalue weighted by atomic mass is 10.1. The maximum atomic E-state index is 12.0. The van der Waals surface area contributed by atoms with Gasteiger partial charge in [0.15, 0.2) is 0 Å². The zero-order valence-corrected chi connectivity index (χ0v) is 16.3. The van der Waals surface area contributed by atoms with E-state index in [1.807, 2.05) is 0 Å². The largest absolute Gasteiger partial charge is 0.507 e. The second-order valence-corrected chi connectivity index (χ2v) is 7.71. The minimum absolute atomic E-state index is 0.0148. The highest BCUT2D eigenvalue weighted by atomic mass is 35.5. The van der Waals surface area contributed by atoms with Crippen molar-refractivity contribution in [3.05, 3.63) is 34.8 Å². The Labute approximate surface area is 169 Å². The Morgan fingerprint density at radius 3 is 2.29 bits per heavy atom. The predicted octanol–water partition coefficient (Wildman–Crippen LogP) is 2.54. The van der Waals surface area contributed by atoms with Gasteiger partial charge in [-0.25, -0.2) is 0 Å². The lowest BCUT2D eigenvalue weighted by molar-refractivity contribution is 0.451. The van der Waals surface area contributed by atoms with Crippen LogP contribution in [0.15, 0.2) is 29.2 Å². The molecule has 3 aromatic rings. The summed E-state index contributed by atoms with van der Waals surface area (Å²) in [6.45, 7) is 0. The molecule has 0 aliphatic heterocycles. The van der Waals surface area contributed by atoms with Gasteiger partial charge in [-0.15, -0.1) is 0 Å². The molecule has 4 N–H and O–H groups in total. The normalized spacial score (nSPS) is 12.7. The van der Waals surface area contributed by atoms with Gasteiger partial charge in [0.1, 0.15) is 16.4 Å². The molecule has 1 unspecified atom stereocenters. The van der Waals surface area contributed by atoms with Crippen LogP contribution in [0, 0.1) is 0 Å². The number of nitrogens with one attached hydrogen (secondary N) is 1. The number of fused-ring (bicyclic) bond motifs is 1. The number of phenols is 1. The van der Waals surface area contributed by atoms with Gasteiger partial charge < -0.3 is 14.6 Å². The highest BCUT2D eigenvalue weighted by Gasteiger charge is 2.23. The first-order valence-electron chi connectivity index (χ1n) is 6.95. The van der Waals surface area contributed by atoms with E-state index >= 15 is 0 Å². The van der Waals surface area contributed by atoms with Gasteiger partial charge in [-0.1, -0.05) is 0 Å². The monoisotopic (exact) mass is 466 g/mol. The number of halogens is 2. The first-order valence-corrected chi connectivity index (χ1v) is 10.2. The van der Waals surface area contributed by atoms with Crippen LogP contribution in [0.25, 0.3) is 10.8 Å². The average molecular weight is 467 g/mol. The van der Waals surface area contributed by atoms with Gasteiger partial charge in [-0.05, 0) is 41.4 Å². The number of hydrogen-bond donors (Lipinski definition) is 4. The van der Waals surface area contributed by atoms with E-state index in [4.69, 9.17) is 27.8 Å². The number of hydrogen-bond acceptors (Lipinski definition) is 9. The molecule has 0 fully saturated rings. The molecule has 148 valence electrons. The van der Waals surface area contributed by atoms with E-state index in [1.165, 1.54) is 12.1 Å². The molecule has 1 heterocycles. The van der Waals surface area contributed by atoms with Crippen molar-refractivity contribution in [2.75, 3.05) is 5.32 Å². The summed E-state index contributed by atoms with van der Waals surface area (Å²) >= 11 is 8.62. The van der Waals surface area contributed by atoms with Gasteiger partial charge >= 0.3 is 11.4 Å². The molecule has 0 spiro atoms. The summed E-state index contributed by atoms with van der Waals surface area (Å²) in [5.74, 6) is -0.998. The van der Waals surface area contributed by atoms with E-state index in [9.17, 15) is 22.3 Å². The van der Waals surface area contributed by atoms with Crippen molar-refractivity contribution in [2.24, 2.45) is 0 Å². The molecular weight excluding hydrogens is 459 g/mol. The van der Waals surface area contributed by atoms with Crippen molar-refractivity contribution >= 4 is 67.1 Å². The van der Waals surface area contributed by atoms with Crippen LogP contribution in [0.1, 0.15) is 0 Å². The topological polar surface area (TPSA) is 172 Å². The molecule has 0 amide bonds. The fraction of sp³-hybridized carbons (Fsp3) is 0. The number of aromatic nitrogens is 3. The van der Waals surface area contributed by atoms with Crippen LogP contribution in [0.2, 0.25) is 10.6 Å². The molecular formula is C13H8Cl2N4O7S2. The molecule has 1 aromatic heterocycles. The standard InChI is InChI=1S/C13H8Cl2N4O7S2/c14-11-17-12(15)19-13(18-11)16-8-2-1-6-7(10(8)28(23,24)25)3-5(4-9(6)20)26-27(21)22/h1-4,20H,(H,21,22)(H,23,24,25)(H,16,17,18,19). The summed E-state index contributed by atoms with van der Waals surface area (Å²) in [6, 6.07) is 4.60. The summed E-state index contributed by atoms with van der Waals surface area (Å²) < 4.78 is 58.0. The highest BCUT2D eigenvalue weighted by Crippen LogP contribution is 2.38. The van der Waals surface area contributed by atoms with Crippen LogP contribution in [0.3, 0.4) is 0 Å². The van der Waals surface area contributed by atoms with E-state index in [0.717, 1.165) is 12.1 Å². The van der Waals surface area contributed by atoms with Gasteiger partial charge in [0, 0.05) is 16.8 Å². The molecule has 2 aromatic carbocycles. The quantitative estimate of drug-likeness (QED) is 0.321. The third kappa shape index (κ3) is 4.40. The summed E-state index contributed by atoms with van der Waals surface area (Å²) in [6.07, 6.45) is 0. The van der Waals surface area contributed by atoms with Crippen molar-refractivity contribution in [1.82, 2.24) is 15.0 Å². The Balaban J connectivity index is 2.26. The number of phenolic OH excluding ortho intramolecular Hbond substituents is 1. The number of rotatable bonds is 5. The minimum atomic E-state index is -4.87. The van der Waals surface area contributed by atoms with Crippen LogP contribution in [-0.4, -0.2) is 41.8 Å². The first kappa shape index (κ1) is 20.4. The maximum absolute atomic E-state index is 12.0. The molecule has 0 aliphatic carbocycles. The van der Waals surface area contributed by atoms with Gasteiger partial charge in [-0.3, -0.25) is 9.11 Å². The van der Waals surface area contributed by atoms with E-state index in [0.29, 0.717) is 0 Å². The Bertz CT molecular complexity index is 1200. The summed E-state index contributed by atoms with van der Waals surface area (Å²) in [5.41, 5.74) is -0.199. The number of benzene rings is 2. The van der Waals surface area contributed by atoms with E-state index in [-0.39, 0.29) is 38.7 Å². The van der Waals surface area contributed by atoms with E-state index in [2.05, 4.69) is 24.5 Å². The first-order chi connectivity index (χ1) is 13.0. The van der Waals surface area contributed by atoms with Crippen molar-refractivity contribution in [1.29, 1.82) is 0 Å². The van der Waals surface area contributed by atoms with Crippen LogP contribution >= 0.6 is 23.2 Å². The molecule has 0 radical (unpaired) electrons. The maximum Gasteiger partial charge on any atom is 0.357 e. The predicted molar refractivity (Wildman–Crippen MR) is 100.0 cm³/mol. The lowest BCUT2D eigenvalue weighted by Crippen LogP contribution is -2.07. The Morgan fingerprint density at radius 2 is 1.71 bits per heavy atom. The second-order valence-electron chi connectivity index (χ2n) is 5.08. The second kappa shape index (κ2) is 7.62. The lowest BCUT2D eigenvalue weighted by Gasteiger charge is -2.13. The van der Waals surface area contributed by atoms with Gasteiger partial charge in [0.25, 0.3) is 10.1 Å². The van der Waals surface area contributed by atoms with Gasteiger partial charge in [0.2, 0.25) is 16.5 Å². The minimum Gasteiger partial charge on any atom is -0.507 e. The average Bonchev–Trinajstić information content (AvgIpc) is 2.51. The molecule has 0 bridgehead atoms. The van der Waals surface area contributed by atoms with E-state index < -0.39 is 32.1 Å². The molecule has 1 atom stereocenters. The van der Waals surface area contributed by atoms with Crippen molar-refractivity contribution in [3.8, 4) is 11.5 Å². The molecule has 15 heteroatoms. The van der Waals surface area contributed by atoms with Crippen molar-refractivity contribution in [3.63, 3.8) is 0 Å². The van der Waals surface area contributed by atoms with Crippen LogP contribution in [0.4, 0.5) is 11.6 Å². The van der Waals surface area contributed by atoms with Crippen molar-refractivity contribution < 1.29 is 31.0 Å². The van der Waals surface area contributed by atoms with Gasteiger partial charge in [0.05, 0.1) is 5.69 Å². The van der Waals surface area contributed by atoms with Crippen molar-refractivity contribution in [2.45, 2.75) is 4.90 Å². The molecule has 0 aliphatic rings. The summed E-state index contributed by atoms with van der Waals surface area (Å²) in [7, 11) is -4.87. The number of nitrogens with zero attached hydrogens (tertiary/aromatic N) is 3. The SMILES string of the molecule is O=S(O)Oc1cc(O)c2ccc(Nc3nc(Cl)nc(Cl)n3)c(S(=O)(=O)O)c2c1. The number of anilines is 2. The van der Waals surface area contributed by atoms with Crippen LogP contribution < -0.4 is 9.50 Å². The molecule has 11 nitrogen and oxygen atoms in total. The van der Waals surface area contributed by atoms with Crippen LogP contribution in [0.5, 0.6) is 11.5 Å². The van der Waals surface area contributed by atoms with E-state index in [1.54, 1.807) is 0 Å². The van der Waals surface area contributed by atoms with Gasteiger partial charge in [-0.2, -0.15) is 27.6 Å². The molecule has 0 saturated heterocycles. The Morgan fingerprint density at radius 1 is 1.07 bits per heavy atom.